The van der Waals surface area contributed by atoms with Crippen molar-refractivity contribution in [3.05, 3.63) is 54.1 Å². The fourth-order valence-corrected chi connectivity index (χ4v) is 2.71. The van der Waals surface area contributed by atoms with Gasteiger partial charge in [0.15, 0.2) is 0 Å². The molecule has 0 saturated carbocycles. The number of carbonyl (C=O) groups excluding carboxylic acids is 2. The summed E-state index contributed by atoms with van der Waals surface area (Å²) in [5, 5.41) is 21.1. The van der Waals surface area contributed by atoms with E-state index in [1.807, 2.05) is 0 Å². The van der Waals surface area contributed by atoms with Crippen molar-refractivity contribution in [2.45, 2.75) is 19.4 Å². The SMILES string of the molecule is COCOCC(CC(C)C(=O)NO)NC(=O)c1ccc(Oc2cccc(O)c2)cc1. The number of phenols is 1. The van der Waals surface area contributed by atoms with Crippen molar-refractivity contribution >= 4 is 11.8 Å². The van der Waals surface area contributed by atoms with Gasteiger partial charge >= 0.3 is 0 Å². The quantitative estimate of drug-likeness (QED) is 0.191. The molecule has 2 unspecified atom stereocenters. The molecule has 0 spiro atoms. The van der Waals surface area contributed by atoms with Crippen molar-refractivity contribution in [2.75, 3.05) is 20.5 Å². The van der Waals surface area contributed by atoms with E-state index in [-0.39, 0.29) is 31.5 Å². The fraction of sp³-hybridized carbons (Fsp3) is 0.333. The molecule has 30 heavy (non-hydrogen) atoms. The van der Waals surface area contributed by atoms with E-state index in [0.717, 1.165) is 0 Å². The minimum Gasteiger partial charge on any atom is -0.508 e. The number of rotatable bonds is 11. The molecule has 0 aliphatic carbocycles. The van der Waals surface area contributed by atoms with E-state index in [0.29, 0.717) is 17.1 Å². The van der Waals surface area contributed by atoms with E-state index < -0.39 is 17.9 Å². The third-order valence-electron chi connectivity index (χ3n) is 4.22. The number of hydrogen-bond donors (Lipinski definition) is 4. The van der Waals surface area contributed by atoms with E-state index in [2.05, 4.69) is 5.32 Å². The van der Waals surface area contributed by atoms with Gasteiger partial charge in [-0.15, -0.1) is 0 Å². The lowest BCUT2D eigenvalue weighted by molar-refractivity contribution is -0.133. The Labute approximate surface area is 174 Å². The standard InChI is InChI=1S/C21H26N2O7/c1-14(20(25)23-27)10-16(12-29-13-28-2)22-21(26)15-6-8-18(9-7-15)30-19-5-3-4-17(24)11-19/h3-9,11,14,16,24,27H,10,12-13H2,1-2H3,(H,22,26)(H,23,25). The van der Waals surface area contributed by atoms with Gasteiger partial charge in [0.05, 0.1) is 12.6 Å². The van der Waals surface area contributed by atoms with Crippen molar-refractivity contribution in [2.24, 2.45) is 5.92 Å². The second-order valence-electron chi connectivity index (χ2n) is 6.68. The van der Waals surface area contributed by atoms with Crippen LogP contribution >= 0.6 is 0 Å². The molecule has 2 amide bonds. The van der Waals surface area contributed by atoms with Gasteiger partial charge in [0.2, 0.25) is 5.91 Å². The van der Waals surface area contributed by atoms with Gasteiger partial charge in [-0.2, -0.15) is 0 Å². The second kappa shape index (κ2) is 11.8. The summed E-state index contributed by atoms with van der Waals surface area (Å²) >= 11 is 0. The van der Waals surface area contributed by atoms with Crippen LogP contribution in [-0.4, -0.2) is 48.7 Å². The van der Waals surface area contributed by atoms with Crippen LogP contribution in [0, 0.1) is 5.92 Å². The van der Waals surface area contributed by atoms with Gasteiger partial charge in [-0.05, 0) is 42.8 Å². The zero-order valence-corrected chi connectivity index (χ0v) is 16.8. The predicted molar refractivity (Wildman–Crippen MR) is 107 cm³/mol. The highest BCUT2D eigenvalue weighted by atomic mass is 16.7. The topological polar surface area (TPSA) is 126 Å². The zero-order valence-electron chi connectivity index (χ0n) is 16.8. The molecule has 0 saturated heterocycles. The number of hydrogen-bond acceptors (Lipinski definition) is 7. The number of nitrogens with one attached hydrogen (secondary N) is 2. The first-order valence-electron chi connectivity index (χ1n) is 9.31. The number of carbonyl (C=O) groups is 2. The molecule has 162 valence electrons. The number of aromatic hydroxyl groups is 1. The highest BCUT2D eigenvalue weighted by Crippen LogP contribution is 2.24. The highest BCUT2D eigenvalue weighted by Gasteiger charge is 2.21. The normalized spacial score (nSPS) is 12.6. The molecule has 0 aromatic heterocycles. The summed E-state index contributed by atoms with van der Waals surface area (Å²) in [6.45, 7) is 1.82. The van der Waals surface area contributed by atoms with Crippen LogP contribution in [0.2, 0.25) is 0 Å². The van der Waals surface area contributed by atoms with E-state index in [4.69, 9.17) is 19.4 Å². The Morgan fingerprint density at radius 1 is 1.10 bits per heavy atom. The van der Waals surface area contributed by atoms with Gasteiger partial charge in [0.25, 0.3) is 5.91 Å². The lowest BCUT2D eigenvalue weighted by atomic mass is 10.0. The van der Waals surface area contributed by atoms with Crippen LogP contribution in [0.5, 0.6) is 17.2 Å². The molecule has 9 nitrogen and oxygen atoms in total. The maximum atomic E-state index is 12.6. The Balaban J connectivity index is 2.00. The summed E-state index contributed by atoms with van der Waals surface area (Å²) in [6, 6.07) is 12.4. The van der Waals surface area contributed by atoms with E-state index in [1.54, 1.807) is 48.8 Å². The van der Waals surface area contributed by atoms with Crippen molar-refractivity contribution in [1.29, 1.82) is 0 Å². The van der Waals surface area contributed by atoms with Gasteiger partial charge in [-0.3, -0.25) is 14.8 Å². The number of ether oxygens (including phenoxy) is 3. The zero-order chi connectivity index (χ0) is 21.9. The molecule has 0 heterocycles. The number of methoxy groups -OCH3 is 1. The molecule has 0 aliphatic rings. The Kier molecular flexibility index (Phi) is 9.07. The van der Waals surface area contributed by atoms with E-state index in [1.165, 1.54) is 19.2 Å². The van der Waals surface area contributed by atoms with Gasteiger partial charge in [-0.1, -0.05) is 13.0 Å². The summed E-state index contributed by atoms with van der Waals surface area (Å²) in [5.41, 5.74) is 2.00. The minimum absolute atomic E-state index is 0.0496. The summed E-state index contributed by atoms with van der Waals surface area (Å²) in [5.74, 6) is -0.362. The Hall–Kier alpha value is -3.14. The molecular weight excluding hydrogens is 392 g/mol. The molecule has 2 aromatic rings. The average Bonchev–Trinajstić information content (AvgIpc) is 2.73. The summed E-state index contributed by atoms with van der Waals surface area (Å²) < 4.78 is 15.8. The number of phenolic OH excluding ortho intramolecular Hbond substituents is 1. The van der Waals surface area contributed by atoms with E-state index in [9.17, 15) is 14.7 Å². The molecule has 0 fully saturated rings. The molecule has 0 radical (unpaired) electrons. The first-order chi connectivity index (χ1) is 14.4. The van der Waals surface area contributed by atoms with Crippen LogP contribution in [0.1, 0.15) is 23.7 Å². The molecular formula is C21H26N2O7. The maximum Gasteiger partial charge on any atom is 0.251 e. The molecule has 2 rings (SSSR count). The van der Waals surface area contributed by atoms with Gasteiger partial charge < -0.3 is 24.6 Å². The first-order valence-corrected chi connectivity index (χ1v) is 9.31. The molecule has 2 atom stereocenters. The largest absolute Gasteiger partial charge is 0.508 e. The number of amides is 2. The third-order valence-corrected chi connectivity index (χ3v) is 4.22. The van der Waals surface area contributed by atoms with Gasteiger partial charge in [0, 0.05) is 24.7 Å². The van der Waals surface area contributed by atoms with Crippen LogP contribution in [0.4, 0.5) is 0 Å². The highest BCUT2D eigenvalue weighted by molar-refractivity contribution is 5.94. The van der Waals surface area contributed by atoms with Crippen molar-refractivity contribution < 1.29 is 34.1 Å². The smallest absolute Gasteiger partial charge is 0.251 e. The minimum atomic E-state index is -0.547. The molecule has 9 heteroatoms. The van der Waals surface area contributed by atoms with Crippen LogP contribution in [0.25, 0.3) is 0 Å². The van der Waals surface area contributed by atoms with Gasteiger partial charge in [-0.25, -0.2) is 5.48 Å². The van der Waals surface area contributed by atoms with Crippen LogP contribution in [-0.2, 0) is 14.3 Å². The van der Waals surface area contributed by atoms with Crippen LogP contribution in [0.15, 0.2) is 48.5 Å². The van der Waals surface area contributed by atoms with Crippen molar-refractivity contribution in [3.63, 3.8) is 0 Å². The maximum absolute atomic E-state index is 12.6. The molecule has 0 bridgehead atoms. The Morgan fingerprint density at radius 3 is 2.47 bits per heavy atom. The third kappa shape index (κ3) is 7.36. The Bertz CT molecular complexity index is 826. The van der Waals surface area contributed by atoms with Crippen molar-refractivity contribution in [3.8, 4) is 17.2 Å². The van der Waals surface area contributed by atoms with Crippen LogP contribution < -0.4 is 15.5 Å². The fourth-order valence-electron chi connectivity index (χ4n) is 2.71. The molecule has 4 N–H and O–H groups in total. The predicted octanol–water partition coefficient (Wildman–Crippen LogP) is 2.44. The Morgan fingerprint density at radius 2 is 1.83 bits per heavy atom. The monoisotopic (exact) mass is 418 g/mol. The van der Waals surface area contributed by atoms with E-state index >= 15 is 0 Å². The lowest BCUT2D eigenvalue weighted by Gasteiger charge is -2.21. The van der Waals surface area contributed by atoms with Crippen molar-refractivity contribution in [1.82, 2.24) is 10.8 Å². The number of benzene rings is 2. The average molecular weight is 418 g/mol. The van der Waals surface area contributed by atoms with Crippen LogP contribution in [0.3, 0.4) is 0 Å². The van der Waals surface area contributed by atoms with Gasteiger partial charge in [0.1, 0.15) is 24.0 Å². The summed E-state index contributed by atoms with van der Waals surface area (Å²) in [6.07, 6.45) is 0.264. The second-order valence-corrected chi connectivity index (χ2v) is 6.68. The lowest BCUT2D eigenvalue weighted by Crippen LogP contribution is -2.41. The first kappa shape index (κ1) is 23.1. The summed E-state index contributed by atoms with van der Waals surface area (Å²) in [7, 11) is 1.48. The molecule has 2 aromatic carbocycles. The molecule has 0 aliphatic heterocycles. The number of hydroxylamine groups is 1. The summed E-state index contributed by atoms with van der Waals surface area (Å²) in [4.78, 5) is 24.2.